The van der Waals surface area contributed by atoms with Crippen molar-refractivity contribution >= 4 is 27.2 Å². The summed E-state index contributed by atoms with van der Waals surface area (Å²) in [6.45, 7) is 0. The maximum atomic E-state index is 8.89. The number of nitrogens with zero attached hydrogens (tertiary/aromatic N) is 2. The molecule has 0 saturated heterocycles. The van der Waals surface area contributed by atoms with Gasteiger partial charge in [-0.1, -0.05) is 11.3 Å². The predicted molar refractivity (Wildman–Crippen MR) is 81.8 cm³/mol. The highest BCUT2D eigenvalue weighted by Gasteiger charge is 2.11. The summed E-state index contributed by atoms with van der Waals surface area (Å²) in [5.74, 6) is 1.01. The number of fused-ring (bicyclic) bond motifs is 1. The van der Waals surface area contributed by atoms with Gasteiger partial charge in [-0.15, -0.1) is 0 Å². The number of nitrogens with two attached hydrogens (primary N) is 1. The normalized spacial score (nSPS) is 10.3. The van der Waals surface area contributed by atoms with Crippen molar-refractivity contribution in [3.63, 3.8) is 0 Å². The molecule has 21 heavy (non-hydrogen) atoms. The Morgan fingerprint density at radius 2 is 2.05 bits per heavy atom. The van der Waals surface area contributed by atoms with Crippen LogP contribution in [0.4, 0.5) is 5.69 Å². The van der Waals surface area contributed by atoms with Gasteiger partial charge in [0.05, 0.1) is 29.0 Å². The molecule has 104 valence electrons. The molecule has 5 nitrogen and oxygen atoms in total. The minimum absolute atomic E-state index is 0.493. The van der Waals surface area contributed by atoms with Crippen LogP contribution < -0.4 is 15.2 Å². The van der Waals surface area contributed by atoms with E-state index in [1.54, 1.807) is 24.3 Å². The fourth-order valence-corrected chi connectivity index (χ4v) is 2.76. The third-order valence-corrected chi connectivity index (χ3v) is 3.78. The van der Waals surface area contributed by atoms with E-state index in [1.807, 2.05) is 12.1 Å². The first-order valence-corrected chi connectivity index (χ1v) is 6.93. The zero-order valence-electron chi connectivity index (χ0n) is 11.2. The van der Waals surface area contributed by atoms with Crippen LogP contribution in [0.15, 0.2) is 36.4 Å². The molecule has 0 aliphatic carbocycles. The van der Waals surface area contributed by atoms with Gasteiger partial charge in [0.25, 0.3) is 5.19 Å². The lowest BCUT2D eigenvalue weighted by molar-refractivity contribution is 0.378. The molecule has 1 heterocycles. The zero-order chi connectivity index (χ0) is 14.8. The summed E-state index contributed by atoms with van der Waals surface area (Å²) in [7, 11) is 1.53. The van der Waals surface area contributed by atoms with E-state index in [4.69, 9.17) is 20.5 Å². The number of hydrogen-bond donors (Lipinski definition) is 1. The molecule has 1 aromatic heterocycles. The molecule has 3 aromatic rings. The van der Waals surface area contributed by atoms with Crippen LogP contribution in [0.1, 0.15) is 5.56 Å². The summed E-state index contributed by atoms with van der Waals surface area (Å²) < 4.78 is 11.9. The predicted octanol–water partition coefficient (Wildman–Crippen LogP) is 3.55. The van der Waals surface area contributed by atoms with E-state index in [9.17, 15) is 0 Å². The molecule has 0 bridgehead atoms. The van der Waals surface area contributed by atoms with Crippen molar-refractivity contribution in [1.82, 2.24) is 4.98 Å². The zero-order valence-corrected chi connectivity index (χ0v) is 12.0. The van der Waals surface area contributed by atoms with Crippen molar-refractivity contribution < 1.29 is 9.47 Å². The highest BCUT2D eigenvalue weighted by Crippen LogP contribution is 2.36. The Bertz CT molecular complexity index is 852. The Labute approximate surface area is 125 Å². The molecule has 0 aliphatic heterocycles. The Balaban J connectivity index is 1.96. The SMILES string of the molecule is COc1cc(C#N)ccc1Oc1nc2ccc(N)cc2s1. The van der Waals surface area contributed by atoms with Gasteiger partial charge in [0.1, 0.15) is 0 Å². The molecular weight excluding hydrogens is 286 g/mol. The van der Waals surface area contributed by atoms with Crippen LogP contribution in [-0.2, 0) is 0 Å². The molecule has 6 heteroatoms. The number of rotatable bonds is 3. The molecule has 0 radical (unpaired) electrons. The monoisotopic (exact) mass is 297 g/mol. The van der Waals surface area contributed by atoms with Crippen molar-refractivity contribution in [3.05, 3.63) is 42.0 Å². The summed E-state index contributed by atoms with van der Waals surface area (Å²) in [6, 6.07) is 12.6. The van der Waals surface area contributed by atoms with E-state index < -0.39 is 0 Å². The van der Waals surface area contributed by atoms with Crippen molar-refractivity contribution in [2.75, 3.05) is 12.8 Å². The van der Waals surface area contributed by atoms with Gasteiger partial charge < -0.3 is 15.2 Å². The number of methoxy groups -OCH3 is 1. The molecule has 0 atom stereocenters. The van der Waals surface area contributed by atoms with Gasteiger partial charge >= 0.3 is 0 Å². The van der Waals surface area contributed by atoms with Gasteiger partial charge in [0, 0.05) is 11.8 Å². The topological polar surface area (TPSA) is 81.2 Å². The lowest BCUT2D eigenvalue weighted by Gasteiger charge is -2.07. The van der Waals surface area contributed by atoms with Crippen LogP contribution in [0.5, 0.6) is 16.7 Å². The van der Waals surface area contributed by atoms with E-state index in [-0.39, 0.29) is 0 Å². The van der Waals surface area contributed by atoms with Crippen LogP contribution in [0.2, 0.25) is 0 Å². The van der Waals surface area contributed by atoms with Crippen molar-refractivity contribution in [2.24, 2.45) is 0 Å². The molecule has 0 unspecified atom stereocenters. The highest BCUT2D eigenvalue weighted by atomic mass is 32.1. The van der Waals surface area contributed by atoms with Crippen molar-refractivity contribution in [1.29, 1.82) is 5.26 Å². The number of benzene rings is 2. The summed E-state index contributed by atoms with van der Waals surface area (Å²) in [6.07, 6.45) is 0. The second-order valence-corrected chi connectivity index (χ2v) is 5.28. The maximum absolute atomic E-state index is 8.89. The van der Waals surface area contributed by atoms with E-state index in [0.29, 0.717) is 27.9 Å². The van der Waals surface area contributed by atoms with Crippen molar-refractivity contribution in [3.8, 4) is 22.8 Å². The number of hydrogen-bond acceptors (Lipinski definition) is 6. The molecule has 0 amide bonds. The van der Waals surface area contributed by atoms with E-state index in [0.717, 1.165) is 10.2 Å². The third-order valence-electron chi connectivity index (χ3n) is 2.88. The summed E-state index contributed by atoms with van der Waals surface area (Å²) in [4.78, 5) is 4.39. The van der Waals surface area contributed by atoms with Crippen LogP contribution in [0.25, 0.3) is 10.2 Å². The minimum atomic E-state index is 0.493. The molecule has 0 saturated carbocycles. The van der Waals surface area contributed by atoms with Gasteiger partial charge in [0.15, 0.2) is 11.5 Å². The van der Waals surface area contributed by atoms with Crippen LogP contribution in [0.3, 0.4) is 0 Å². The number of aromatic nitrogens is 1. The standard InChI is InChI=1S/C15H11N3O2S/c1-19-13-6-9(8-16)2-5-12(13)20-15-18-11-4-3-10(17)7-14(11)21-15/h2-7H,17H2,1H3. The lowest BCUT2D eigenvalue weighted by atomic mass is 10.2. The first-order valence-electron chi connectivity index (χ1n) is 6.11. The Kier molecular flexibility index (Phi) is 3.34. The fourth-order valence-electron chi connectivity index (χ4n) is 1.88. The lowest BCUT2D eigenvalue weighted by Crippen LogP contribution is -1.90. The van der Waals surface area contributed by atoms with Gasteiger partial charge in [-0.2, -0.15) is 5.26 Å². The average Bonchev–Trinajstić information content (AvgIpc) is 2.89. The summed E-state index contributed by atoms with van der Waals surface area (Å²) in [5, 5.41) is 9.39. The van der Waals surface area contributed by atoms with Gasteiger partial charge in [-0.3, -0.25) is 0 Å². The Morgan fingerprint density at radius 1 is 1.19 bits per heavy atom. The van der Waals surface area contributed by atoms with E-state index in [2.05, 4.69) is 11.1 Å². The van der Waals surface area contributed by atoms with Crippen molar-refractivity contribution in [2.45, 2.75) is 0 Å². The molecule has 2 aromatic carbocycles. The highest BCUT2D eigenvalue weighted by molar-refractivity contribution is 7.20. The minimum Gasteiger partial charge on any atom is -0.493 e. The smallest absolute Gasteiger partial charge is 0.279 e. The largest absolute Gasteiger partial charge is 0.493 e. The number of thiazole rings is 1. The second kappa shape index (κ2) is 5.31. The molecule has 0 spiro atoms. The van der Waals surface area contributed by atoms with Gasteiger partial charge in [-0.25, -0.2) is 4.98 Å². The third kappa shape index (κ3) is 2.59. The number of anilines is 1. The Morgan fingerprint density at radius 3 is 2.81 bits per heavy atom. The van der Waals surface area contributed by atoms with Crippen LogP contribution in [0, 0.1) is 11.3 Å². The van der Waals surface area contributed by atoms with E-state index in [1.165, 1.54) is 18.4 Å². The quantitative estimate of drug-likeness (QED) is 0.748. The summed E-state index contributed by atoms with van der Waals surface area (Å²) in [5.41, 5.74) is 7.78. The Hall–Kier alpha value is -2.78. The van der Waals surface area contributed by atoms with Crippen LogP contribution >= 0.6 is 11.3 Å². The summed E-state index contributed by atoms with van der Waals surface area (Å²) >= 11 is 1.40. The van der Waals surface area contributed by atoms with Gasteiger partial charge in [-0.05, 0) is 30.3 Å². The second-order valence-electron chi connectivity index (χ2n) is 4.29. The molecular formula is C15H11N3O2S. The first kappa shape index (κ1) is 13.2. The first-order chi connectivity index (χ1) is 10.2. The van der Waals surface area contributed by atoms with E-state index >= 15 is 0 Å². The average molecular weight is 297 g/mol. The number of ether oxygens (including phenoxy) is 2. The molecule has 0 aliphatic rings. The maximum Gasteiger partial charge on any atom is 0.279 e. The number of nitriles is 1. The van der Waals surface area contributed by atoms with Crippen LogP contribution in [-0.4, -0.2) is 12.1 Å². The molecule has 2 N–H and O–H groups in total. The van der Waals surface area contributed by atoms with Gasteiger partial charge in [0.2, 0.25) is 0 Å². The number of nitrogen functional groups attached to an aromatic ring is 1. The fraction of sp³-hybridized carbons (Fsp3) is 0.0667. The molecule has 3 rings (SSSR count). The molecule has 0 fully saturated rings.